The molecule has 0 saturated carbocycles. The Morgan fingerprint density at radius 1 is 1.22 bits per heavy atom. The number of piperidine rings is 1. The minimum absolute atomic E-state index is 0.197. The van der Waals surface area contributed by atoms with Crippen LogP contribution in [-0.4, -0.2) is 53.9 Å². The Bertz CT molecular complexity index is 1030. The molecule has 4 rings (SSSR count). The third kappa shape index (κ3) is 4.54. The molecule has 3 aromatic rings. The highest BCUT2D eigenvalue weighted by Gasteiger charge is 2.25. The molecule has 0 bridgehead atoms. The van der Waals surface area contributed by atoms with Crippen LogP contribution in [0.15, 0.2) is 35.1 Å². The number of aryl methyl sites for hydroxylation is 1. The summed E-state index contributed by atoms with van der Waals surface area (Å²) in [6, 6.07) is 6.08. The molecule has 1 saturated heterocycles. The van der Waals surface area contributed by atoms with Gasteiger partial charge in [0.25, 0.3) is 0 Å². The van der Waals surface area contributed by atoms with Crippen molar-refractivity contribution in [1.82, 2.24) is 20.1 Å². The van der Waals surface area contributed by atoms with E-state index >= 15 is 0 Å². The lowest BCUT2D eigenvalue weighted by atomic mass is 9.96. The van der Waals surface area contributed by atoms with E-state index in [-0.39, 0.29) is 5.92 Å². The first-order valence-corrected chi connectivity index (χ1v) is 11.2. The second kappa shape index (κ2) is 9.54. The van der Waals surface area contributed by atoms with E-state index in [4.69, 9.17) is 14.2 Å². The summed E-state index contributed by atoms with van der Waals surface area (Å²) in [6.07, 6.45) is 5.83. The van der Waals surface area contributed by atoms with Crippen LogP contribution >= 0.6 is 0 Å². The van der Waals surface area contributed by atoms with Gasteiger partial charge in [0, 0.05) is 38.8 Å². The number of ether oxygens (including phenoxy) is 1. The average Bonchev–Trinajstić information content (AvgIpc) is 3.21. The fourth-order valence-corrected chi connectivity index (χ4v) is 4.31. The quantitative estimate of drug-likeness (QED) is 0.542. The van der Waals surface area contributed by atoms with Gasteiger partial charge < -0.3 is 19.1 Å². The van der Waals surface area contributed by atoms with E-state index < -0.39 is 0 Å². The first kappa shape index (κ1) is 22.0. The molecule has 0 N–H and O–H groups in total. The van der Waals surface area contributed by atoms with Gasteiger partial charge in [-0.05, 0) is 37.8 Å². The maximum atomic E-state index is 5.59. The molecule has 0 unspecified atom stereocenters. The molecule has 0 atom stereocenters. The summed E-state index contributed by atoms with van der Waals surface area (Å²) >= 11 is 0. The lowest BCUT2D eigenvalue weighted by molar-refractivity contribution is 0.368. The summed E-state index contributed by atoms with van der Waals surface area (Å²) < 4.78 is 11.1. The summed E-state index contributed by atoms with van der Waals surface area (Å²) in [4.78, 5) is 18.5. The van der Waals surface area contributed by atoms with Crippen LogP contribution in [0.1, 0.15) is 44.1 Å². The molecule has 4 heterocycles. The van der Waals surface area contributed by atoms with Crippen molar-refractivity contribution in [3.63, 3.8) is 0 Å². The monoisotopic (exact) mass is 436 g/mol. The Labute approximate surface area is 189 Å². The molecule has 170 valence electrons. The van der Waals surface area contributed by atoms with E-state index in [0.29, 0.717) is 17.5 Å². The second-order valence-corrected chi connectivity index (χ2v) is 8.75. The molecule has 8 nitrogen and oxygen atoms in total. The Morgan fingerprint density at radius 2 is 2.00 bits per heavy atom. The zero-order valence-corrected chi connectivity index (χ0v) is 19.6. The van der Waals surface area contributed by atoms with Gasteiger partial charge in [-0.3, -0.25) is 0 Å². The normalized spacial score (nSPS) is 14.8. The fourth-order valence-electron chi connectivity index (χ4n) is 4.31. The lowest BCUT2D eigenvalue weighted by Crippen LogP contribution is -2.38. The van der Waals surface area contributed by atoms with Gasteiger partial charge in [-0.15, -0.1) is 0 Å². The minimum Gasteiger partial charge on any atom is -0.491 e. The van der Waals surface area contributed by atoms with Gasteiger partial charge in [0.1, 0.15) is 5.82 Å². The summed E-state index contributed by atoms with van der Waals surface area (Å²) in [5.41, 5.74) is 1.68. The number of hydrogen-bond acceptors (Lipinski definition) is 8. The first-order chi connectivity index (χ1) is 15.5. The molecule has 0 aromatic carbocycles. The van der Waals surface area contributed by atoms with Crippen molar-refractivity contribution in [2.75, 3.05) is 43.6 Å². The third-order valence-electron chi connectivity index (χ3n) is 6.07. The van der Waals surface area contributed by atoms with E-state index in [9.17, 15) is 0 Å². The Morgan fingerprint density at radius 3 is 2.66 bits per heavy atom. The highest BCUT2D eigenvalue weighted by molar-refractivity contribution is 5.65. The number of hydrogen-bond donors (Lipinski definition) is 0. The summed E-state index contributed by atoms with van der Waals surface area (Å²) in [6.45, 7) is 9.02. The van der Waals surface area contributed by atoms with Gasteiger partial charge >= 0.3 is 0 Å². The molecule has 8 heteroatoms. The lowest BCUT2D eigenvalue weighted by Gasteiger charge is -2.35. The molecular formula is C24H32N6O2. The van der Waals surface area contributed by atoms with Crippen molar-refractivity contribution in [1.29, 1.82) is 0 Å². The van der Waals surface area contributed by atoms with Crippen LogP contribution in [0.25, 0.3) is 11.4 Å². The van der Waals surface area contributed by atoms with Crippen molar-refractivity contribution in [3.8, 4) is 17.1 Å². The number of pyridine rings is 1. The van der Waals surface area contributed by atoms with E-state index in [0.717, 1.165) is 61.1 Å². The van der Waals surface area contributed by atoms with Gasteiger partial charge in [0.05, 0.1) is 24.6 Å². The third-order valence-corrected chi connectivity index (χ3v) is 6.07. The zero-order chi connectivity index (χ0) is 22.7. The Balaban J connectivity index is 1.50. The predicted octanol–water partition coefficient (Wildman–Crippen LogP) is 4.32. The summed E-state index contributed by atoms with van der Waals surface area (Å²) in [7, 11) is 3.73. The average molecular weight is 437 g/mol. The van der Waals surface area contributed by atoms with Crippen molar-refractivity contribution < 1.29 is 9.26 Å². The summed E-state index contributed by atoms with van der Waals surface area (Å²) in [5, 5.41) is 4.15. The molecule has 32 heavy (non-hydrogen) atoms. The Hall–Kier alpha value is -3.16. The van der Waals surface area contributed by atoms with Gasteiger partial charge in [0.2, 0.25) is 0 Å². The van der Waals surface area contributed by atoms with E-state index in [1.54, 1.807) is 13.3 Å². The van der Waals surface area contributed by atoms with Crippen LogP contribution < -0.4 is 14.5 Å². The summed E-state index contributed by atoms with van der Waals surface area (Å²) in [5.74, 6) is 4.73. The first-order valence-electron chi connectivity index (χ1n) is 11.2. The number of anilines is 2. The van der Waals surface area contributed by atoms with Crippen molar-refractivity contribution >= 4 is 11.6 Å². The van der Waals surface area contributed by atoms with Crippen LogP contribution in [0.5, 0.6) is 5.75 Å². The van der Waals surface area contributed by atoms with Crippen molar-refractivity contribution in [2.24, 2.45) is 5.92 Å². The highest BCUT2D eigenvalue weighted by atomic mass is 16.5. The number of nitrogens with zero attached hydrogens (tertiary/aromatic N) is 6. The minimum atomic E-state index is 0.197. The molecule has 1 aliphatic heterocycles. The van der Waals surface area contributed by atoms with Gasteiger partial charge in [-0.2, -0.15) is 0 Å². The van der Waals surface area contributed by atoms with Gasteiger partial charge in [0.15, 0.2) is 23.2 Å². The van der Waals surface area contributed by atoms with Crippen molar-refractivity contribution in [2.45, 2.75) is 39.5 Å². The predicted molar refractivity (Wildman–Crippen MR) is 125 cm³/mol. The standard InChI is InChI=1S/C24H32N6O2/c1-16(2)22-21(17(3)28-32-22)23-26-14-19(31-5)24(27-23)29(4)15-18-9-12-30(13-10-18)20-8-6-7-11-25-20/h6-8,11,14,16,18H,9-10,12-13,15H2,1-5H3. The molecular weight excluding hydrogens is 404 g/mol. The Kier molecular flexibility index (Phi) is 6.58. The largest absolute Gasteiger partial charge is 0.491 e. The maximum absolute atomic E-state index is 5.59. The molecule has 0 aliphatic carbocycles. The molecule has 0 radical (unpaired) electrons. The van der Waals surface area contributed by atoms with Crippen LogP contribution in [0.2, 0.25) is 0 Å². The fraction of sp³-hybridized carbons (Fsp3) is 0.500. The number of rotatable bonds is 7. The van der Waals surface area contributed by atoms with Crippen LogP contribution in [-0.2, 0) is 0 Å². The molecule has 0 spiro atoms. The number of methoxy groups -OCH3 is 1. The number of aromatic nitrogens is 4. The topological polar surface area (TPSA) is 80.4 Å². The SMILES string of the molecule is COc1cnc(-c2c(C)noc2C(C)C)nc1N(C)CC1CCN(c2ccccn2)CC1. The van der Waals surface area contributed by atoms with E-state index in [1.165, 1.54) is 0 Å². The molecule has 3 aromatic heterocycles. The van der Waals surface area contributed by atoms with Crippen molar-refractivity contribution in [3.05, 3.63) is 42.0 Å². The molecule has 0 amide bonds. The van der Waals surface area contributed by atoms with Gasteiger partial charge in [-0.25, -0.2) is 15.0 Å². The van der Waals surface area contributed by atoms with Crippen LogP contribution in [0, 0.1) is 12.8 Å². The second-order valence-electron chi connectivity index (χ2n) is 8.75. The van der Waals surface area contributed by atoms with Gasteiger partial charge in [-0.1, -0.05) is 25.1 Å². The zero-order valence-electron chi connectivity index (χ0n) is 19.6. The maximum Gasteiger partial charge on any atom is 0.179 e. The van der Waals surface area contributed by atoms with E-state index in [2.05, 4.69) is 51.9 Å². The van der Waals surface area contributed by atoms with E-state index in [1.807, 2.05) is 25.3 Å². The molecule has 1 fully saturated rings. The smallest absolute Gasteiger partial charge is 0.179 e. The van der Waals surface area contributed by atoms with Crippen LogP contribution in [0.3, 0.4) is 0 Å². The highest BCUT2D eigenvalue weighted by Crippen LogP contribution is 2.34. The van der Waals surface area contributed by atoms with Crippen LogP contribution in [0.4, 0.5) is 11.6 Å². The molecule has 1 aliphatic rings.